The van der Waals surface area contributed by atoms with E-state index in [0.29, 0.717) is 13.0 Å². The average Bonchev–Trinajstić information content (AvgIpc) is 2.07. The molecule has 0 bridgehead atoms. The molecule has 88 valence electrons. The fourth-order valence-corrected chi connectivity index (χ4v) is 1.90. The van der Waals surface area contributed by atoms with Gasteiger partial charge in [-0.1, -0.05) is 27.2 Å². The first-order chi connectivity index (χ1) is 6.87. The van der Waals surface area contributed by atoms with Gasteiger partial charge in [-0.25, -0.2) is 0 Å². The van der Waals surface area contributed by atoms with Crippen LogP contribution in [0.5, 0.6) is 0 Å². The minimum atomic E-state index is 0.127. The van der Waals surface area contributed by atoms with Gasteiger partial charge in [-0.15, -0.1) is 0 Å². The van der Waals surface area contributed by atoms with Crippen LogP contribution in [0.1, 0.15) is 46.5 Å². The fourth-order valence-electron chi connectivity index (χ4n) is 1.90. The summed E-state index contributed by atoms with van der Waals surface area (Å²) in [5.74, 6) is 0.162. The zero-order valence-electron chi connectivity index (χ0n) is 10.2. The highest BCUT2D eigenvalue weighted by atomic mass is 16.1. The minimum absolute atomic E-state index is 0.127. The molecule has 0 aliphatic heterocycles. The molecule has 0 radical (unpaired) electrons. The summed E-state index contributed by atoms with van der Waals surface area (Å²) in [6.07, 6.45) is 4.07. The number of hydrogen-bond donors (Lipinski definition) is 2. The Morgan fingerprint density at radius 1 is 1.40 bits per heavy atom. The van der Waals surface area contributed by atoms with Gasteiger partial charge < -0.3 is 11.1 Å². The van der Waals surface area contributed by atoms with Crippen molar-refractivity contribution in [1.29, 1.82) is 0 Å². The first-order valence-electron chi connectivity index (χ1n) is 5.84. The van der Waals surface area contributed by atoms with Crippen molar-refractivity contribution < 1.29 is 4.79 Å². The maximum Gasteiger partial charge on any atom is 0.220 e. The zero-order valence-corrected chi connectivity index (χ0v) is 10.2. The van der Waals surface area contributed by atoms with E-state index >= 15 is 0 Å². The Bertz CT molecular complexity index is 221. The van der Waals surface area contributed by atoms with Crippen LogP contribution in [-0.2, 0) is 4.79 Å². The van der Waals surface area contributed by atoms with Gasteiger partial charge in [0, 0.05) is 13.0 Å². The predicted molar refractivity (Wildman–Crippen MR) is 62.4 cm³/mol. The monoisotopic (exact) mass is 212 g/mol. The van der Waals surface area contributed by atoms with Crippen molar-refractivity contribution in [3.05, 3.63) is 0 Å². The molecule has 0 aromatic heterocycles. The Morgan fingerprint density at radius 2 is 2.00 bits per heavy atom. The highest BCUT2D eigenvalue weighted by Crippen LogP contribution is 2.42. The quantitative estimate of drug-likeness (QED) is 0.744. The largest absolute Gasteiger partial charge is 0.356 e. The molecule has 1 saturated carbocycles. The predicted octanol–water partition coefficient (Wildman–Crippen LogP) is 1.67. The molecule has 0 atom stereocenters. The summed E-state index contributed by atoms with van der Waals surface area (Å²) in [4.78, 5) is 11.7. The standard InChI is InChI=1S/C12H24N2O/c1-11(2,3)9-14-10(15)7-12(8-13)5-4-6-12/h4-9,13H2,1-3H3,(H,14,15). The molecule has 0 aromatic carbocycles. The first kappa shape index (κ1) is 12.5. The first-order valence-corrected chi connectivity index (χ1v) is 5.84. The summed E-state index contributed by atoms with van der Waals surface area (Å²) in [7, 11) is 0. The number of hydrogen-bond acceptors (Lipinski definition) is 2. The van der Waals surface area contributed by atoms with E-state index in [4.69, 9.17) is 5.73 Å². The van der Waals surface area contributed by atoms with E-state index < -0.39 is 0 Å². The molecular formula is C12H24N2O. The molecule has 1 aliphatic rings. The summed E-state index contributed by atoms with van der Waals surface area (Å²) < 4.78 is 0. The highest BCUT2D eigenvalue weighted by molar-refractivity contribution is 5.76. The molecular weight excluding hydrogens is 188 g/mol. The molecule has 0 aromatic rings. The Morgan fingerprint density at radius 3 is 2.33 bits per heavy atom. The second kappa shape index (κ2) is 4.52. The van der Waals surface area contributed by atoms with Crippen molar-refractivity contribution in [1.82, 2.24) is 5.32 Å². The van der Waals surface area contributed by atoms with E-state index in [-0.39, 0.29) is 16.7 Å². The van der Waals surface area contributed by atoms with E-state index in [1.165, 1.54) is 6.42 Å². The lowest BCUT2D eigenvalue weighted by Crippen LogP contribution is -2.43. The van der Waals surface area contributed by atoms with Crippen LogP contribution in [-0.4, -0.2) is 19.0 Å². The molecule has 0 unspecified atom stereocenters. The van der Waals surface area contributed by atoms with Crippen molar-refractivity contribution in [2.45, 2.75) is 46.5 Å². The lowest BCUT2D eigenvalue weighted by Gasteiger charge is -2.40. The molecule has 0 saturated heterocycles. The van der Waals surface area contributed by atoms with E-state index in [1.807, 2.05) is 0 Å². The average molecular weight is 212 g/mol. The number of nitrogens with two attached hydrogens (primary N) is 1. The lowest BCUT2D eigenvalue weighted by atomic mass is 9.66. The molecule has 1 fully saturated rings. The smallest absolute Gasteiger partial charge is 0.220 e. The lowest BCUT2D eigenvalue weighted by molar-refractivity contribution is -0.125. The molecule has 1 amide bonds. The topological polar surface area (TPSA) is 55.1 Å². The van der Waals surface area contributed by atoms with Crippen molar-refractivity contribution in [3.8, 4) is 0 Å². The van der Waals surface area contributed by atoms with Gasteiger partial charge in [0.25, 0.3) is 0 Å². The second-order valence-corrected chi connectivity index (χ2v) is 6.07. The van der Waals surface area contributed by atoms with E-state index in [2.05, 4.69) is 26.1 Å². The number of nitrogens with one attached hydrogen (secondary N) is 1. The summed E-state index contributed by atoms with van der Waals surface area (Å²) >= 11 is 0. The number of carbonyl (C=O) groups is 1. The Labute approximate surface area is 92.8 Å². The third-order valence-corrected chi connectivity index (χ3v) is 3.20. The third-order valence-electron chi connectivity index (χ3n) is 3.20. The molecule has 1 rings (SSSR count). The van der Waals surface area contributed by atoms with Crippen LogP contribution in [0.15, 0.2) is 0 Å². The maximum absolute atomic E-state index is 11.7. The number of carbonyl (C=O) groups excluding carboxylic acids is 1. The Hall–Kier alpha value is -0.570. The summed E-state index contributed by atoms with van der Waals surface area (Å²) in [6, 6.07) is 0. The van der Waals surface area contributed by atoms with Crippen LogP contribution in [0.25, 0.3) is 0 Å². The van der Waals surface area contributed by atoms with E-state index in [1.54, 1.807) is 0 Å². The van der Waals surface area contributed by atoms with Crippen LogP contribution in [0.2, 0.25) is 0 Å². The van der Waals surface area contributed by atoms with Gasteiger partial charge in [-0.3, -0.25) is 4.79 Å². The SMILES string of the molecule is CC(C)(C)CNC(=O)CC1(CN)CCC1. The Kier molecular flexibility index (Phi) is 3.77. The Balaban J connectivity index is 2.29. The fraction of sp³-hybridized carbons (Fsp3) is 0.917. The summed E-state index contributed by atoms with van der Waals surface area (Å²) in [6.45, 7) is 7.75. The normalized spacial score (nSPS) is 19.5. The van der Waals surface area contributed by atoms with Crippen LogP contribution in [0.4, 0.5) is 0 Å². The van der Waals surface area contributed by atoms with Crippen molar-refractivity contribution >= 4 is 5.91 Å². The molecule has 15 heavy (non-hydrogen) atoms. The number of rotatable bonds is 4. The maximum atomic E-state index is 11.7. The van der Waals surface area contributed by atoms with Crippen LogP contribution >= 0.6 is 0 Å². The third kappa shape index (κ3) is 3.82. The van der Waals surface area contributed by atoms with Gasteiger partial charge >= 0.3 is 0 Å². The summed E-state index contributed by atoms with van der Waals surface area (Å²) in [5, 5.41) is 2.99. The molecule has 1 aliphatic carbocycles. The van der Waals surface area contributed by atoms with Gasteiger partial charge in [0.05, 0.1) is 0 Å². The molecule has 0 spiro atoms. The van der Waals surface area contributed by atoms with E-state index in [0.717, 1.165) is 19.4 Å². The molecule has 3 nitrogen and oxygen atoms in total. The summed E-state index contributed by atoms with van der Waals surface area (Å²) in [5.41, 5.74) is 6.00. The van der Waals surface area contributed by atoms with E-state index in [9.17, 15) is 4.79 Å². The second-order valence-electron chi connectivity index (χ2n) is 6.07. The van der Waals surface area contributed by atoms with Crippen molar-refractivity contribution in [3.63, 3.8) is 0 Å². The van der Waals surface area contributed by atoms with Gasteiger partial charge in [-0.05, 0) is 30.2 Å². The molecule has 0 heterocycles. The zero-order chi connectivity index (χ0) is 11.5. The van der Waals surface area contributed by atoms with Crippen LogP contribution in [0, 0.1) is 10.8 Å². The van der Waals surface area contributed by atoms with Crippen molar-refractivity contribution in [2.24, 2.45) is 16.6 Å². The number of amides is 1. The van der Waals surface area contributed by atoms with Crippen LogP contribution in [0.3, 0.4) is 0 Å². The van der Waals surface area contributed by atoms with Gasteiger partial charge in [-0.2, -0.15) is 0 Å². The van der Waals surface area contributed by atoms with Gasteiger partial charge in [0.2, 0.25) is 5.91 Å². The van der Waals surface area contributed by atoms with Gasteiger partial charge in [0.1, 0.15) is 0 Å². The van der Waals surface area contributed by atoms with Crippen molar-refractivity contribution in [2.75, 3.05) is 13.1 Å². The molecule has 3 N–H and O–H groups in total. The van der Waals surface area contributed by atoms with Crippen LogP contribution < -0.4 is 11.1 Å². The minimum Gasteiger partial charge on any atom is -0.356 e. The van der Waals surface area contributed by atoms with Gasteiger partial charge in [0.15, 0.2) is 0 Å². The highest BCUT2D eigenvalue weighted by Gasteiger charge is 2.37. The molecule has 3 heteroatoms.